The Morgan fingerprint density at radius 3 is 2.00 bits per heavy atom. The predicted octanol–water partition coefficient (Wildman–Crippen LogP) is 3.85. The number of hydrogen-bond donors (Lipinski definition) is 1. The number of unbranched alkanes of at least 4 members (excludes halogenated alkanes) is 3. The normalized spacial score (nSPS) is 11.9. The van der Waals surface area contributed by atoms with Crippen LogP contribution in [0.1, 0.15) is 65.9 Å². The maximum Gasteiger partial charge on any atom is 0.119 e. The van der Waals surface area contributed by atoms with Crippen molar-refractivity contribution in [3.63, 3.8) is 0 Å². The average Bonchev–Trinajstić information content (AvgIpc) is 2.50. The van der Waals surface area contributed by atoms with Crippen LogP contribution in [0.15, 0.2) is 24.3 Å². The maximum absolute atomic E-state index is 5.84. The van der Waals surface area contributed by atoms with E-state index < -0.39 is 0 Å². The molecule has 0 saturated heterocycles. The van der Waals surface area contributed by atoms with Crippen LogP contribution in [0.25, 0.3) is 0 Å². The van der Waals surface area contributed by atoms with Gasteiger partial charge in [-0.15, -0.1) is 0 Å². The summed E-state index contributed by atoms with van der Waals surface area (Å²) in [6.07, 6.45) is 5.11. The molecule has 2 heteroatoms. The van der Waals surface area contributed by atoms with Crippen molar-refractivity contribution in [3.8, 4) is 5.75 Å². The molecule has 1 aromatic carbocycles. The highest BCUT2D eigenvalue weighted by molar-refractivity contribution is 5.31. The standard InChI is InChI=1S/C20H35NO/c1-6-21(7-2)16-10-8-9-11-17-22-19-14-12-18(13-15-19)20(3,4)5/h12-15H,6-11,16-17H2,1-5H3/p+1. The second kappa shape index (κ2) is 9.89. The van der Waals surface area contributed by atoms with Gasteiger partial charge in [-0.3, -0.25) is 0 Å². The van der Waals surface area contributed by atoms with Gasteiger partial charge in [0, 0.05) is 0 Å². The van der Waals surface area contributed by atoms with E-state index >= 15 is 0 Å². The summed E-state index contributed by atoms with van der Waals surface area (Å²) in [5.41, 5.74) is 1.57. The van der Waals surface area contributed by atoms with E-state index in [9.17, 15) is 0 Å². The van der Waals surface area contributed by atoms with Gasteiger partial charge in [0.1, 0.15) is 5.75 Å². The van der Waals surface area contributed by atoms with Crippen LogP contribution in [0.4, 0.5) is 0 Å². The first-order chi connectivity index (χ1) is 10.5. The number of benzene rings is 1. The molecule has 1 aromatic rings. The summed E-state index contributed by atoms with van der Waals surface area (Å²) >= 11 is 0. The largest absolute Gasteiger partial charge is 0.494 e. The Balaban J connectivity index is 2.12. The third kappa shape index (κ3) is 7.31. The lowest BCUT2D eigenvalue weighted by Crippen LogP contribution is -3.11. The molecule has 1 rings (SSSR count). The van der Waals surface area contributed by atoms with Crippen molar-refractivity contribution in [3.05, 3.63) is 29.8 Å². The molecule has 1 N–H and O–H groups in total. The van der Waals surface area contributed by atoms with Crippen LogP contribution in [0.5, 0.6) is 5.75 Å². The molecule has 2 nitrogen and oxygen atoms in total. The minimum Gasteiger partial charge on any atom is -0.494 e. The third-order valence-electron chi connectivity index (χ3n) is 4.41. The summed E-state index contributed by atoms with van der Waals surface area (Å²) in [6, 6.07) is 8.57. The lowest BCUT2D eigenvalue weighted by molar-refractivity contribution is -0.896. The molecule has 0 aliphatic rings. The summed E-state index contributed by atoms with van der Waals surface area (Å²) in [4.78, 5) is 1.72. The van der Waals surface area contributed by atoms with Crippen molar-refractivity contribution in [1.29, 1.82) is 0 Å². The number of nitrogens with one attached hydrogen (secondary N) is 1. The molecule has 0 atom stereocenters. The van der Waals surface area contributed by atoms with Crippen LogP contribution >= 0.6 is 0 Å². The monoisotopic (exact) mass is 306 g/mol. The average molecular weight is 307 g/mol. The number of ether oxygens (including phenoxy) is 1. The molecule has 0 amide bonds. The second-order valence-corrected chi connectivity index (χ2v) is 7.24. The molecule has 0 bridgehead atoms. The van der Waals surface area contributed by atoms with Gasteiger partial charge in [0.15, 0.2) is 0 Å². The van der Waals surface area contributed by atoms with E-state index in [2.05, 4.69) is 58.9 Å². The van der Waals surface area contributed by atoms with Crippen molar-refractivity contribution >= 4 is 0 Å². The zero-order valence-corrected chi connectivity index (χ0v) is 15.4. The van der Waals surface area contributed by atoms with E-state index in [0.717, 1.165) is 18.8 Å². The lowest BCUT2D eigenvalue weighted by Gasteiger charge is -2.19. The Hall–Kier alpha value is -1.02. The molecule has 0 radical (unpaired) electrons. The van der Waals surface area contributed by atoms with E-state index in [4.69, 9.17) is 4.74 Å². The van der Waals surface area contributed by atoms with Crippen LogP contribution in [0, 0.1) is 0 Å². The van der Waals surface area contributed by atoms with Crippen molar-refractivity contribution in [2.24, 2.45) is 0 Å². The Morgan fingerprint density at radius 2 is 1.45 bits per heavy atom. The van der Waals surface area contributed by atoms with E-state index in [-0.39, 0.29) is 5.41 Å². The summed E-state index contributed by atoms with van der Waals surface area (Å²) in [5, 5.41) is 0. The number of quaternary nitrogens is 1. The Labute approximate surface area is 137 Å². The molecular formula is C20H36NO+. The smallest absolute Gasteiger partial charge is 0.119 e. The first kappa shape index (κ1) is 19.0. The van der Waals surface area contributed by atoms with Gasteiger partial charge in [-0.2, -0.15) is 0 Å². The van der Waals surface area contributed by atoms with Crippen molar-refractivity contribution in [2.75, 3.05) is 26.2 Å². The molecule has 0 heterocycles. The molecule has 0 aliphatic carbocycles. The van der Waals surface area contributed by atoms with E-state index in [0.29, 0.717) is 0 Å². The topological polar surface area (TPSA) is 13.7 Å². The first-order valence-corrected chi connectivity index (χ1v) is 9.04. The van der Waals surface area contributed by atoms with Gasteiger partial charge in [0.2, 0.25) is 0 Å². The van der Waals surface area contributed by atoms with Gasteiger partial charge >= 0.3 is 0 Å². The molecule has 0 spiro atoms. The van der Waals surface area contributed by atoms with Crippen molar-refractivity contribution in [2.45, 2.75) is 65.7 Å². The fraction of sp³-hybridized carbons (Fsp3) is 0.700. The fourth-order valence-corrected chi connectivity index (χ4v) is 2.68. The Morgan fingerprint density at radius 1 is 0.864 bits per heavy atom. The quantitative estimate of drug-likeness (QED) is 0.648. The summed E-state index contributed by atoms with van der Waals surface area (Å²) in [6.45, 7) is 15.9. The highest BCUT2D eigenvalue weighted by Gasteiger charge is 2.12. The van der Waals surface area contributed by atoms with Crippen molar-refractivity contribution < 1.29 is 9.64 Å². The molecular weight excluding hydrogens is 270 g/mol. The SMILES string of the molecule is CC[NH+](CC)CCCCCCOc1ccc(C(C)(C)C)cc1. The zero-order chi connectivity index (χ0) is 16.4. The molecule has 0 aromatic heterocycles. The molecule has 0 unspecified atom stereocenters. The van der Waals surface area contributed by atoms with E-state index in [1.54, 1.807) is 4.90 Å². The zero-order valence-electron chi connectivity index (χ0n) is 15.4. The minimum atomic E-state index is 0.214. The van der Waals surface area contributed by atoms with Crippen molar-refractivity contribution in [1.82, 2.24) is 0 Å². The van der Waals surface area contributed by atoms with Gasteiger partial charge in [-0.05, 0) is 62.6 Å². The maximum atomic E-state index is 5.84. The van der Waals surface area contributed by atoms with Crippen LogP contribution in [-0.4, -0.2) is 26.2 Å². The summed E-state index contributed by atoms with van der Waals surface area (Å²) in [5.74, 6) is 1.00. The Bertz CT molecular complexity index is 387. The lowest BCUT2D eigenvalue weighted by atomic mass is 9.87. The number of hydrogen-bond acceptors (Lipinski definition) is 1. The predicted molar refractivity (Wildman–Crippen MR) is 96.0 cm³/mol. The third-order valence-corrected chi connectivity index (χ3v) is 4.41. The van der Waals surface area contributed by atoms with E-state index in [1.807, 2.05) is 0 Å². The fourth-order valence-electron chi connectivity index (χ4n) is 2.68. The first-order valence-electron chi connectivity index (χ1n) is 9.04. The molecule has 0 aliphatic heterocycles. The van der Waals surface area contributed by atoms with E-state index in [1.165, 1.54) is 44.5 Å². The van der Waals surface area contributed by atoms with Crippen LogP contribution in [-0.2, 0) is 5.41 Å². The van der Waals surface area contributed by atoms with Gasteiger partial charge in [0.05, 0.1) is 26.2 Å². The van der Waals surface area contributed by atoms with Gasteiger partial charge in [-0.1, -0.05) is 32.9 Å². The Kier molecular flexibility index (Phi) is 8.55. The molecule has 22 heavy (non-hydrogen) atoms. The number of rotatable bonds is 10. The van der Waals surface area contributed by atoms with Crippen LogP contribution in [0.2, 0.25) is 0 Å². The molecule has 0 fully saturated rings. The highest BCUT2D eigenvalue weighted by atomic mass is 16.5. The summed E-state index contributed by atoms with van der Waals surface area (Å²) < 4.78 is 5.84. The van der Waals surface area contributed by atoms with Gasteiger partial charge in [0.25, 0.3) is 0 Å². The highest BCUT2D eigenvalue weighted by Crippen LogP contribution is 2.24. The molecule has 0 saturated carbocycles. The van der Waals surface area contributed by atoms with Crippen LogP contribution < -0.4 is 9.64 Å². The second-order valence-electron chi connectivity index (χ2n) is 7.24. The minimum absolute atomic E-state index is 0.214. The van der Waals surface area contributed by atoms with Gasteiger partial charge < -0.3 is 9.64 Å². The van der Waals surface area contributed by atoms with Gasteiger partial charge in [-0.25, -0.2) is 0 Å². The summed E-state index contributed by atoms with van der Waals surface area (Å²) in [7, 11) is 0. The van der Waals surface area contributed by atoms with Crippen LogP contribution in [0.3, 0.4) is 0 Å². The molecule has 126 valence electrons.